The Labute approximate surface area is 132 Å². The molecule has 0 fully saturated rings. The molecule has 0 radical (unpaired) electrons. The van der Waals surface area contributed by atoms with Crippen molar-refractivity contribution >= 4 is 5.96 Å². The minimum Gasteiger partial charge on any atom is -0.444 e. The Kier molecular flexibility index (Phi) is 6.01. The third kappa shape index (κ3) is 4.35. The summed E-state index contributed by atoms with van der Waals surface area (Å²) in [6.45, 7) is 3.77. The minimum atomic E-state index is 0.597. The maximum Gasteiger partial charge on any atom is 0.226 e. The molecule has 0 aliphatic carbocycles. The zero-order valence-electron chi connectivity index (χ0n) is 13.5. The highest BCUT2D eigenvalue weighted by Crippen LogP contribution is 2.17. The largest absolute Gasteiger partial charge is 0.444 e. The van der Waals surface area contributed by atoms with Crippen LogP contribution in [0.4, 0.5) is 0 Å². The van der Waals surface area contributed by atoms with Crippen molar-refractivity contribution in [2.75, 3.05) is 20.6 Å². The summed E-state index contributed by atoms with van der Waals surface area (Å²) in [7, 11) is 3.84. The fraction of sp³-hybridized carbons (Fsp3) is 0.412. The highest BCUT2D eigenvalue weighted by molar-refractivity contribution is 5.79. The molecule has 0 saturated heterocycles. The van der Waals surface area contributed by atoms with Gasteiger partial charge in [-0.1, -0.05) is 31.5 Å². The average molecular weight is 300 g/mol. The van der Waals surface area contributed by atoms with E-state index < -0.39 is 0 Å². The lowest BCUT2D eigenvalue weighted by Crippen LogP contribution is -2.39. The first-order valence-corrected chi connectivity index (χ1v) is 7.66. The van der Waals surface area contributed by atoms with Crippen LogP contribution < -0.4 is 5.32 Å². The second-order valence-corrected chi connectivity index (χ2v) is 5.19. The number of rotatable bonds is 6. The third-order valence-corrected chi connectivity index (χ3v) is 3.42. The van der Waals surface area contributed by atoms with E-state index in [4.69, 9.17) is 4.42 Å². The fourth-order valence-electron chi connectivity index (χ4n) is 2.16. The molecule has 0 bridgehead atoms. The molecule has 22 heavy (non-hydrogen) atoms. The van der Waals surface area contributed by atoms with Gasteiger partial charge in [0, 0.05) is 26.2 Å². The van der Waals surface area contributed by atoms with E-state index in [1.165, 1.54) is 6.42 Å². The van der Waals surface area contributed by atoms with Crippen LogP contribution in [-0.4, -0.2) is 36.5 Å². The number of hydrogen-bond acceptors (Lipinski definition) is 3. The van der Waals surface area contributed by atoms with Gasteiger partial charge >= 0.3 is 0 Å². The van der Waals surface area contributed by atoms with Crippen LogP contribution >= 0.6 is 0 Å². The van der Waals surface area contributed by atoms with Gasteiger partial charge in [0.05, 0.1) is 12.2 Å². The van der Waals surface area contributed by atoms with E-state index in [1.807, 2.05) is 37.4 Å². The zero-order chi connectivity index (χ0) is 15.8. The topological polar surface area (TPSA) is 53.7 Å². The van der Waals surface area contributed by atoms with Gasteiger partial charge in [-0.2, -0.15) is 0 Å². The summed E-state index contributed by atoms with van der Waals surface area (Å²) >= 11 is 0. The molecule has 0 amide bonds. The molecular formula is C17H24N4O. The van der Waals surface area contributed by atoms with Crippen LogP contribution in [0.15, 0.2) is 46.0 Å². The highest BCUT2D eigenvalue weighted by Gasteiger charge is 2.08. The van der Waals surface area contributed by atoms with Gasteiger partial charge in [-0.15, -0.1) is 0 Å². The summed E-state index contributed by atoms with van der Waals surface area (Å²) in [4.78, 5) is 10.9. The molecule has 0 saturated carbocycles. The summed E-state index contributed by atoms with van der Waals surface area (Å²) in [5.41, 5.74) is 1.85. The summed E-state index contributed by atoms with van der Waals surface area (Å²) < 4.78 is 5.54. The van der Waals surface area contributed by atoms with Gasteiger partial charge in [-0.25, -0.2) is 4.98 Å². The van der Waals surface area contributed by atoms with Crippen LogP contribution in [0.2, 0.25) is 0 Å². The lowest BCUT2D eigenvalue weighted by molar-refractivity contribution is 0.464. The number of unbranched alkanes of at least 4 members (excludes halogenated alkanes) is 1. The quantitative estimate of drug-likeness (QED) is 0.658. The number of benzene rings is 1. The molecule has 0 atom stereocenters. The second kappa shape index (κ2) is 8.22. The average Bonchev–Trinajstić information content (AvgIpc) is 3.03. The van der Waals surface area contributed by atoms with Crippen molar-refractivity contribution in [1.82, 2.24) is 15.2 Å². The first-order chi connectivity index (χ1) is 10.7. The maximum atomic E-state index is 5.54. The number of nitrogens with zero attached hydrogens (tertiary/aromatic N) is 3. The Hall–Kier alpha value is -2.30. The van der Waals surface area contributed by atoms with Gasteiger partial charge in [0.1, 0.15) is 6.26 Å². The van der Waals surface area contributed by atoms with Gasteiger partial charge in [0.2, 0.25) is 5.89 Å². The van der Waals surface area contributed by atoms with Crippen molar-refractivity contribution in [2.45, 2.75) is 26.3 Å². The molecule has 118 valence electrons. The van der Waals surface area contributed by atoms with E-state index in [9.17, 15) is 0 Å². The zero-order valence-corrected chi connectivity index (χ0v) is 13.5. The van der Waals surface area contributed by atoms with Crippen molar-refractivity contribution in [3.8, 4) is 11.5 Å². The van der Waals surface area contributed by atoms with Crippen molar-refractivity contribution in [1.29, 1.82) is 0 Å². The Morgan fingerprint density at radius 3 is 2.77 bits per heavy atom. The van der Waals surface area contributed by atoms with Crippen molar-refractivity contribution in [2.24, 2.45) is 4.99 Å². The molecule has 0 aliphatic rings. The minimum absolute atomic E-state index is 0.597. The molecule has 0 aliphatic heterocycles. The van der Waals surface area contributed by atoms with E-state index in [2.05, 4.69) is 27.1 Å². The van der Waals surface area contributed by atoms with Crippen LogP contribution in [0.1, 0.15) is 25.5 Å². The van der Waals surface area contributed by atoms with Crippen LogP contribution in [-0.2, 0) is 6.54 Å². The number of aromatic nitrogens is 1. The van der Waals surface area contributed by atoms with E-state index in [1.54, 1.807) is 13.3 Å². The predicted molar refractivity (Wildman–Crippen MR) is 89.7 cm³/mol. The van der Waals surface area contributed by atoms with Gasteiger partial charge in [0.25, 0.3) is 0 Å². The predicted octanol–water partition coefficient (Wildman–Crippen LogP) is 3.15. The van der Waals surface area contributed by atoms with Crippen molar-refractivity contribution in [3.63, 3.8) is 0 Å². The second-order valence-electron chi connectivity index (χ2n) is 5.19. The van der Waals surface area contributed by atoms with E-state index in [0.29, 0.717) is 12.4 Å². The Bertz CT molecular complexity index is 592. The number of oxazole rings is 1. The summed E-state index contributed by atoms with van der Waals surface area (Å²) in [6.07, 6.45) is 4.01. The molecule has 1 aromatic carbocycles. The van der Waals surface area contributed by atoms with E-state index in [-0.39, 0.29) is 0 Å². The first-order valence-electron chi connectivity index (χ1n) is 7.66. The Morgan fingerprint density at radius 1 is 1.32 bits per heavy atom. The molecule has 2 aromatic rings. The van der Waals surface area contributed by atoms with Crippen molar-refractivity contribution in [3.05, 3.63) is 42.3 Å². The van der Waals surface area contributed by atoms with Crippen LogP contribution in [0, 0.1) is 0 Å². The van der Waals surface area contributed by atoms with Gasteiger partial charge in [-0.05, 0) is 18.6 Å². The standard InChI is InChI=1S/C17H24N4O/c1-4-5-11-21(3)17(18-2)19-12-15-13-22-16(20-15)14-9-7-6-8-10-14/h6-10,13H,4-5,11-12H2,1-3H3,(H,18,19). The molecule has 0 spiro atoms. The summed E-state index contributed by atoms with van der Waals surface area (Å²) in [5.74, 6) is 1.52. The molecule has 5 nitrogen and oxygen atoms in total. The Morgan fingerprint density at radius 2 is 2.09 bits per heavy atom. The van der Waals surface area contributed by atoms with E-state index in [0.717, 1.165) is 30.2 Å². The highest BCUT2D eigenvalue weighted by atomic mass is 16.3. The van der Waals surface area contributed by atoms with Crippen LogP contribution in [0.5, 0.6) is 0 Å². The molecule has 5 heteroatoms. The monoisotopic (exact) mass is 300 g/mol. The smallest absolute Gasteiger partial charge is 0.226 e. The normalized spacial score (nSPS) is 11.5. The molecule has 1 heterocycles. The van der Waals surface area contributed by atoms with Gasteiger partial charge < -0.3 is 14.6 Å². The maximum absolute atomic E-state index is 5.54. The lowest BCUT2D eigenvalue weighted by Gasteiger charge is -2.21. The van der Waals surface area contributed by atoms with Gasteiger partial charge in [-0.3, -0.25) is 4.99 Å². The number of guanidine groups is 1. The van der Waals surface area contributed by atoms with Crippen LogP contribution in [0.3, 0.4) is 0 Å². The SMILES string of the molecule is CCCCN(C)C(=NC)NCc1coc(-c2ccccc2)n1. The molecule has 1 aromatic heterocycles. The molecule has 2 rings (SSSR count). The van der Waals surface area contributed by atoms with Gasteiger partial charge in [0.15, 0.2) is 5.96 Å². The molecular weight excluding hydrogens is 276 g/mol. The molecule has 0 unspecified atom stereocenters. The molecule has 1 N–H and O–H groups in total. The van der Waals surface area contributed by atoms with E-state index >= 15 is 0 Å². The Balaban J connectivity index is 1.93. The fourth-order valence-corrected chi connectivity index (χ4v) is 2.16. The first kappa shape index (κ1) is 16.1. The lowest BCUT2D eigenvalue weighted by atomic mass is 10.2. The third-order valence-electron chi connectivity index (χ3n) is 3.42. The number of nitrogens with one attached hydrogen (secondary N) is 1. The number of hydrogen-bond donors (Lipinski definition) is 1. The summed E-state index contributed by atoms with van der Waals surface area (Å²) in [6, 6.07) is 9.90. The number of aliphatic imine (C=N–C) groups is 1. The van der Waals surface area contributed by atoms with Crippen LogP contribution in [0.25, 0.3) is 11.5 Å². The van der Waals surface area contributed by atoms with Crippen molar-refractivity contribution < 1.29 is 4.42 Å². The summed E-state index contributed by atoms with van der Waals surface area (Å²) in [5, 5.41) is 3.31.